The van der Waals surface area contributed by atoms with E-state index in [2.05, 4.69) is 30.3 Å². The zero-order chi connectivity index (χ0) is 26.6. The van der Waals surface area contributed by atoms with Gasteiger partial charge in [-0.05, 0) is 34.4 Å². The summed E-state index contributed by atoms with van der Waals surface area (Å²) in [5.41, 5.74) is 5.88. The van der Waals surface area contributed by atoms with Gasteiger partial charge in [-0.1, -0.05) is 115 Å². The largest absolute Gasteiger partial charge is 0.497 e. The quantitative estimate of drug-likeness (QED) is 0.216. The van der Waals surface area contributed by atoms with Gasteiger partial charge in [-0.2, -0.15) is 0 Å². The number of methoxy groups -OCH3 is 1. The fourth-order valence-corrected chi connectivity index (χ4v) is 5.41. The molecule has 4 heteroatoms. The lowest BCUT2D eigenvalue weighted by atomic mass is 9.91. The van der Waals surface area contributed by atoms with Gasteiger partial charge < -0.3 is 9.47 Å². The SMILES string of the molecule is COc1ccc(C2C(=O)N(C(c3ccccc3)c3ccccc3)c3ccccc32)c(OCc2ccccc2)c1. The number of rotatable bonds is 8. The van der Waals surface area contributed by atoms with Crippen LogP contribution in [-0.2, 0) is 11.4 Å². The van der Waals surface area contributed by atoms with Gasteiger partial charge >= 0.3 is 0 Å². The summed E-state index contributed by atoms with van der Waals surface area (Å²) in [6.45, 7) is 0.393. The zero-order valence-electron chi connectivity index (χ0n) is 21.7. The molecule has 39 heavy (non-hydrogen) atoms. The molecule has 0 N–H and O–H groups in total. The van der Waals surface area contributed by atoms with E-state index in [4.69, 9.17) is 9.47 Å². The summed E-state index contributed by atoms with van der Waals surface area (Å²) in [6.07, 6.45) is 0. The normalized spacial score (nSPS) is 14.4. The van der Waals surface area contributed by atoms with Crippen LogP contribution in [0.4, 0.5) is 5.69 Å². The Kier molecular flexibility index (Phi) is 6.84. The highest BCUT2D eigenvalue weighted by Gasteiger charge is 2.43. The highest BCUT2D eigenvalue weighted by Crippen LogP contribution is 2.49. The number of carbonyl (C=O) groups excluding carboxylic acids is 1. The Bertz CT molecular complexity index is 1530. The maximum absolute atomic E-state index is 14.6. The minimum Gasteiger partial charge on any atom is -0.497 e. The first kappa shape index (κ1) is 24.5. The molecule has 1 heterocycles. The van der Waals surface area contributed by atoms with Crippen LogP contribution in [-0.4, -0.2) is 13.0 Å². The van der Waals surface area contributed by atoms with Crippen LogP contribution < -0.4 is 14.4 Å². The first-order valence-electron chi connectivity index (χ1n) is 13.1. The van der Waals surface area contributed by atoms with Crippen LogP contribution in [0.25, 0.3) is 0 Å². The van der Waals surface area contributed by atoms with E-state index in [9.17, 15) is 4.79 Å². The van der Waals surface area contributed by atoms with Crippen molar-refractivity contribution in [1.82, 2.24) is 0 Å². The number of fused-ring (bicyclic) bond motifs is 1. The molecule has 1 unspecified atom stereocenters. The van der Waals surface area contributed by atoms with Crippen LogP contribution in [0.5, 0.6) is 11.5 Å². The molecule has 0 saturated heterocycles. The lowest BCUT2D eigenvalue weighted by Crippen LogP contribution is -2.34. The number of para-hydroxylation sites is 1. The first-order valence-corrected chi connectivity index (χ1v) is 13.1. The molecule has 192 valence electrons. The Labute approximate surface area is 229 Å². The zero-order valence-corrected chi connectivity index (χ0v) is 21.7. The second-order valence-electron chi connectivity index (χ2n) is 9.60. The Morgan fingerprint density at radius 1 is 0.692 bits per heavy atom. The summed E-state index contributed by atoms with van der Waals surface area (Å²) in [4.78, 5) is 16.5. The summed E-state index contributed by atoms with van der Waals surface area (Å²) in [5, 5.41) is 0. The number of hydrogen-bond donors (Lipinski definition) is 0. The van der Waals surface area contributed by atoms with Gasteiger partial charge in [0.2, 0.25) is 5.91 Å². The van der Waals surface area contributed by atoms with Crippen molar-refractivity contribution in [3.05, 3.63) is 161 Å². The van der Waals surface area contributed by atoms with E-state index in [0.717, 1.165) is 33.5 Å². The molecular weight excluding hydrogens is 482 g/mol. The van der Waals surface area contributed by atoms with Gasteiger partial charge in [-0.15, -0.1) is 0 Å². The van der Waals surface area contributed by atoms with Crippen molar-refractivity contribution in [3.8, 4) is 11.5 Å². The maximum atomic E-state index is 14.6. The third kappa shape index (κ3) is 4.77. The van der Waals surface area contributed by atoms with E-state index in [1.807, 2.05) is 108 Å². The molecule has 1 aliphatic heterocycles. The van der Waals surface area contributed by atoms with Crippen molar-refractivity contribution < 1.29 is 14.3 Å². The summed E-state index contributed by atoms with van der Waals surface area (Å²) < 4.78 is 11.9. The molecule has 5 aromatic carbocycles. The van der Waals surface area contributed by atoms with Crippen LogP contribution in [0.3, 0.4) is 0 Å². The predicted molar refractivity (Wildman–Crippen MR) is 154 cm³/mol. The van der Waals surface area contributed by atoms with E-state index < -0.39 is 5.92 Å². The highest BCUT2D eigenvalue weighted by molar-refractivity contribution is 6.08. The van der Waals surface area contributed by atoms with Crippen molar-refractivity contribution in [1.29, 1.82) is 0 Å². The number of hydrogen-bond acceptors (Lipinski definition) is 3. The standard InChI is InChI=1S/C35H29NO3/c1-38-28-21-22-30(32(23-28)39-24-25-13-5-2-6-14-25)33-29-19-11-12-20-31(29)36(35(33)37)34(26-15-7-3-8-16-26)27-17-9-4-10-18-27/h2-23,33-34H,24H2,1H3. The van der Waals surface area contributed by atoms with E-state index in [1.165, 1.54) is 0 Å². The highest BCUT2D eigenvalue weighted by atomic mass is 16.5. The Morgan fingerprint density at radius 3 is 1.92 bits per heavy atom. The molecule has 1 amide bonds. The van der Waals surface area contributed by atoms with Gasteiger partial charge in [-0.25, -0.2) is 0 Å². The van der Waals surface area contributed by atoms with Gasteiger partial charge in [0.15, 0.2) is 0 Å². The van der Waals surface area contributed by atoms with Crippen molar-refractivity contribution in [2.45, 2.75) is 18.6 Å². The van der Waals surface area contributed by atoms with E-state index in [-0.39, 0.29) is 11.9 Å². The predicted octanol–water partition coefficient (Wildman–Crippen LogP) is 7.54. The van der Waals surface area contributed by atoms with Gasteiger partial charge in [0.05, 0.1) is 19.1 Å². The van der Waals surface area contributed by atoms with Crippen molar-refractivity contribution in [3.63, 3.8) is 0 Å². The van der Waals surface area contributed by atoms with Gasteiger partial charge in [-0.3, -0.25) is 9.69 Å². The Morgan fingerprint density at radius 2 is 1.28 bits per heavy atom. The number of ether oxygens (including phenoxy) is 2. The molecule has 0 fully saturated rings. The molecule has 0 radical (unpaired) electrons. The second-order valence-corrected chi connectivity index (χ2v) is 9.60. The smallest absolute Gasteiger partial charge is 0.240 e. The molecule has 0 spiro atoms. The molecule has 5 aromatic rings. The number of amides is 1. The summed E-state index contributed by atoms with van der Waals surface area (Å²) in [6, 6.07) is 44.0. The molecule has 1 atom stereocenters. The Hall–Kier alpha value is -4.83. The van der Waals surface area contributed by atoms with Gasteiger partial charge in [0.25, 0.3) is 0 Å². The van der Waals surface area contributed by atoms with E-state index >= 15 is 0 Å². The third-order valence-electron chi connectivity index (χ3n) is 7.25. The molecule has 1 aliphatic rings. The van der Waals surface area contributed by atoms with Crippen molar-refractivity contribution in [2.75, 3.05) is 12.0 Å². The first-order chi connectivity index (χ1) is 19.2. The topological polar surface area (TPSA) is 38.8 Å². The van der Waals surface area contributed by atoms with Crippen LogP contribution in [0.1, 0.15) is 39.8 Å². The summed E-state index contributed by atoms with van der Waals surface area (Å²) in [5.74, 6) is 0.837. The molecule has 0 aromatic heterocycles. The average Bonchev–Trinajstić information content (AvgIpc) is 3.29. The minimum atomic E-state index is -0.507. The van der Waals surface area contributed by atoms with Crippen molar-refractivity contribution in [2.24, 2.45) is 0 Å². The monoisotopic (exact) mass is 511 g/mol. The van der Waals surface area contributed by atoms with Gasteiger partial charge in [0, 0.05) is 17.3 Å². The number of carbonyl (C=O) groups is 1. The lowest BCUT2D eigenvalue weighted by Gasteiger charge is -2.30. The Balaban J connectivity index is 1.46. The van der Waals surface area contributed by atoms with Crippen LogP contribution in [0, 0.1) is 0 Å². The van der Waals surface area contributed by atoms with Crippen LogP contribution in [0.15, 0.2) is 133 Å². The number of benzene rings is 5. The minimum absolute atomic E-state index is 0.0173. The number of anilines is 1. The van der Waals surface area contributed by atoms with Gasteiger partial charge in [0.1, 0.15) is 18.1 Å². The third-order valence-corrected chi connectivity index (χ3v) is 7.25. The molecule has 0 aliphatic carbocycles. The molecular formula is C35H29NO3. The fraction of sp³-hybridized carbons (Fsp3) is 0.114. The maximum Gasteiger partial charge on any atom is 0.240 e. The summed E-state index contributed by atoms with van der Waals surface area (Å²) >= 11 is 0. The number of nitrogens with zero attached hydrogens (tertiary/aromatic N) is 1. The van der Waals surface area contributed by atoms with Crippen LogP contribution >= 0.6 is 0 Å². The van der Waals surface area contributed by atoms with Crippen LogP contribution in [0.2, 0.25) is 0 Å². The van der Waals surface area contributed by atoms with E-state index in [1.54, 1.807) is 7.11 Å². The van der Waals surface area contributed by atoms with Crippen molar-refractivity contribution >= 4 is 11.6 Å². The second kappa shape index (κ2) is 10.9. The average molecular weight is 512 g/mol. The fourth-order valence-electron chi connectivity index (χ4n) is 5.41. The molecule has 0 bridgehead atoms. The summed E-state index contributed by atoms with van der Waals surface area (Å²) in [7, 11) is 1.64. The molecule has 0 saturated carbocycles. The molecule has 4 nitrogen and oxygen atoms in total. The molecule has 6 rings (SSSR count). The lowest BCUT2D eigenvalue weighted by molar-refractivity contribution is -0.118. The van der Waals surface area contributed by atoms with E-state index in [0.29, 0.717) is 18.1 Å².